The molecule has 1 aliphatic heterocycles. The first-order valence-electron chi connectivity index (χ1n) is 7.96. The molecule has 0 aliphatic carbocycles. The van der Waals surface area contributed by atoms with Crippen LogP contribution in [-0.4, -0.2) is 44.5 Å². The summed E-state index contributed by atoms with van der Waals surface area (Å²) < 4.78 is 21.9. The average molecular weight is 323 g/mol. The van der Waals surface area contributed by atoms with E-state index in [-0.39, 0.29) is 23.8 Å². The topological polar surface area (TPSA) is 69.9 Å². The Hall–Kier alpha value is -1.79. The highest BCUT2D eigenvalue weighted by molar-refractivity contribution is 5.91. The Morgan fingerprint density at radius 1 is 1.43 bits per heavy atom. The van der Waals surface area contributed by atoms with E-state index in [0.29, 0.717) is 32.4 Å². The van der Waals surface area contributed by atoms with E-state index >= 15 is 0 Å². The summed E-state index contributed by atoms with van der Waals surface area (Å²) in [5, 5.41) is 2.92. The van der Waals surface area contributed by atoms with Gasteiger partial charge in [-0.3, -0.25) is 4.79 Å². The van der Waals surface area contributed by atoms with Crippen LogP contribution in [0.5, 0.6) is 5.95 Å². The second-order valence-corrected chi connectivity index (χ2v) is 5.65. The third-order valence-corrected chi connectivity index (χ3v) is 3.50. The molecule has 0 saturated carbocycles. The smallest absolute Gasteiger partial charge is 0.287 e. The third kappa shape index (κ3) is 5.41. The Morgan fingerprint density at radius 2 is 2.26 bits per heavy atom. The maximum absolute atomic E-state index is 12.3. The van der Waals surface area contributed by atoms with Crippen molar-refractivity contribution in [2.24, 2.45) is 0 Å². The molecule has 1 saturated heterocycles. The molecule has 2 atom stereocenters. The normalized spacial score (nSPS) is 20.8. The monoisotopic (exact) mass is 323 g/mol. The van der Waals surface area contributed by atoms with Gasteiger partial charge in [0.2, 0.25) is 0 Å². The summed E-state index contributed by atoms with van der Waals surface area (Å²) in [5.74, 6) is 0.276. The zero-order valence-corrected chi connectivity index (χ0v) is 14.0. The highest BCUT2D eigenvalue weighted by Gasteiger charge is 2.28. The van der Waals surface area contributed by atoms with Gasteiger partial charge in [0.15, 0.2) is 5.76 Å². The SMILES string of the molecule is CCOc1ccc(C(=O)N[C@H]2COCC[C@H]2OCC=C(C)C)o1. The van der Waals surface area contributed by atoms with E-state index in [2.05, 4.69) is 5.32 Å². The van der Waals surface area contributed by atoms with Gasteiger partial charge < -0.3 is 23.9 Å². The van der Waals surface area contributed by atoms with Crippen molar-refractivity contribution in [2.75, 3.05) is 26.4 Å². The minimum Gasteiger partial charge on any atom is -0.465 e. The number of hydrogen-bond acceptors (Lipinski definition) is 5. The van der Waals surface area contributed by atoms with Crippen molar-refractivity contribution in [1.82, 2.24) is 5.32 Å². The van der Waals surface area contributed by atoms with E-state index in [4.69, 9.17) is 18.6 Å². The van der Waals surface area contributed by atoms with Crippen molar-refractivity contribution in [3.63, 3.8) is 0 Å². The Bertz CT molecular complexity index is 533. The molecule has 1 aromatic heterocycles. The molecule has 2 rings (SSSR count). The van der Waals surface area contributed by atoms with Gasteiger partial charge in [-0.25, -0.2) is 0 Å². The van der Waals surface area contributed by atoms with Crippen LogP contribution < -0.4 is 10.1 Å². The number of hydrogen-bond donors (Lipinski definition) is 1. The van der Waals surface area contributed by atoms with E-state index in [9.17, 15) is 4.79 Å². The second-order valence-electron chi connectivity index (χ2n) is 5.65. The molecule has 23 heavy (non-hydrogen) atoms. The lowest BCUT2D eigenvalue weighted by atomic mass is 10.1. The van der Waals surface area contributed by atoms with Gasteiger partial charge in [-0.05, 0) is 33.3 Å². The summed E-state index contributed by atoms with van der Waals surface area (Å²) in [7, 11) is 0. The molecular formula is C17H25NO5. The fraction of sp³-hybridized carbons (Fsp3) is 0.588. The van der Waals surface area contributed by atoms with Crippen LogP contribution in [0.1, 0.15) is 37.7 Å². The minimum atomic E-state index is -0.290. The van der Waals surface area contributed by atoms with Crippen LogP contribution in [0.25, 0.3) is 0 Å². The third-order valence-electron chi connectivity index (χ3n) is 3.50. The Labute approximate surface area is 136 Å². The second kappa shape index (κ2) is 8.74. The van der Waals surface area contributed by atoms with Gasteiger partial charge in [0, 0.05) is 12.7 Å². The first-order chi connectivity index (χ1) is 11.1. The maximum atomic E-state index is 12.3. The Morgan fingerprint density at radius 3 is 3.00 bits per heavy atom. The van der Waals surface area contributed by atoms with Crippen LogP contribution in [-0.2, 0) is 9.47 Å². The number of allylic oxidation sites excluding steroid dienone is 1. The van der Waals surface area contributed by atoms with Crippen molar-refractivity contribution < 1.29 is 23.4 Å². The van der Waals surface area contributed by atoms with Crippen LogP contribution in [0.2, 0.25) is 0 Å². The molecule has 1 aliphatic rings. The summed E-state index contributed by atoms with van der Waals surface area (Å²) in [5.41, 5.74) is 1.21. The summed E-state index contributed by atoms with van der Waals surface area (Å²) >= 11 is 0. The van der Waals surface area contributed by atoms with E-state index in [1.54, 1.807) is 12.1 Å². The zero-order valence-electron chi connectivity index (χ0n) is 14.0. The lowest BCUT2D eigenvalue weighted by molar-refractivity contribution is -0.0459. The standard InChI is InChI=1S/C17H25NO5/c1-4-21-16-6-5-15(23-16)17(19)18-13-11-20-9-8-14(13)22-10-7-12(2)3/h5-7,13-14H,4,8-11H2,1-3H3,(H,18,19)/t13-,14+/m0/s1. The molecule has 6 nitrogen and oxygen atoms in total. The van der Waals surface area contributed by atoms with Gasteiger partial charge in [-0.1, -0.05) is 11.6 Å². The van der Waals surface area contributed by atoms with Gasteiger partial charge in [0.25, 0.3) is 11.9 Å². The highest BCUT2D eigenvalue weighted by atomic mass is 16.6. The first kappa shape index (κ1) is 17.6. The fourth-order valence-corrected chi connectivity index (χ4v) is 2.29. The number of carbonyl (C=O) groups excluding carboxylic acids is 1. The quantitative estimate of drug-likeness (QED) is 0.781. The van der Waals surface area contributed by atoms with Gasteiger partial charge in [0.1, 0.15) is 0 Å². The maximum Gasteiger partial charge on any atom is 0.287 e. The molecule has 128 valence electrons. The van der Waals surface area contributed by atoms with Crippen LogP contribution in [0, 0.1) is 0 Å². The van der Waals surface area contributed by atoms with E-state index in [0.717, 1.165) is 6.42 Å². The number of carbonyl (C=O) groups is 1. The molecule has 6 heteroatoms. The molecule has 0 unspecified atom stereocenters. The average Bonchev–Trinajstić information content (AvgIpc) is 2.98. The molecule has 0 bridgehead atoms. The van der Waals surface area contributed by atoms with Gasteiger partial charge in [-0.15, -0.1) is 0 Å². The number of furan rings is 1. The fourth-order valence-electron chi connectivity index (χ4n) is 2.29. The summed E-state index contributed by atoms with van der Waals surface area (Å²) in [6, 6.07) is 3.05. The van der Waals surface area contributed by atoms with Crippen molar-refractivity contribution in [3.05, 3.63) is 29.5 Å². The Balaban J connectivity index is 1.91. The lowest BCUT2D eigenvalue weighted by Gasteiger charge is -2.31. The summed E-state index contributed by atoms with van der Waals surface area (Å²) in [4.78, 5) is 12.3. The highest BCUT2D eigenvalue weighted by Crippen LogP contribution is 2.17. The van der Waals surface area contributed by atoms with Gasteiger partial charge in [-0.2, -0.15) is 0 Å². The lowest BCUT2D eigenvalue weighted by Crippen LogP contribution is -2.50. The predicted molar refractivity (Wildman–Crippen MR) is 85.7 cm³/mol. The molecule has 1 fully saturated rings. The minimum absolute atomic E-state index is 0.0652. The molecular weight excluding hydrogens is 298 g/mol. The summed E-state index contributed by atoms with van der Waals surface area (Å²) in [6.07, 6.45) is 2.71. The number of amides is 1. The predicted octanol–water partition coefficient (Wildman–Crippen LogP) is 2.55. The number of rotatable bonds is 7. The van der Waals surface area contributed by atoms with Crippen LogP contribution >= 0.6 is 0 Å². The van der Waals surface area contributed by atoms with Crippen molar-refractivity contribution in [2.45, 2.75) is 39.3 Å². The van der Waals surface area contributed by atoms with Gasteiger partial charge >= 0.3 is 0 Å². The Kier molecular flexibility index (Phi) is 6.67. The zero-order chi connectivity index (χ0) is 16.7. The van der Waals surface area contributed by atoms with E-state index in [1.807, 2.05) is 26.8 Å². The van der Waals surface area contributed by atoms with Crippen molar-refractivity contribution in [1.29, 1.82) is 0 Å². The van der Waals surface area contributed by atoms with Crippen molar-refractivity contribution >= 4 is 5.91 Å². The largest absolute Gasteiger partial charge is 0.465 e. The van der Waals surface area contributed by atoms with Crippen LogP contribution in [0.15, 0.2) is 28.2 Å². The molecule has 1 aromatic rings. The first-order valence-corrected chi connectivity index (χ1v) is 7.96. The molecule has 0 spiro atoms. The molecule has 2 heterocycles. The van der Waals surface area contributed by atoms with E-state index in [1.165, 1.54) is 5.57 Å². The van der Waals surface area contributed by atoms with Crippen LogP contribution in [0.3, 0.4) is 0 Å². The summed E-state index contributed by atoms with van der Waals surface area (Å²) in [6.45, 7) is 8.01. The molecule has 0 aromatic carbocycles. The number of nitrogens with one attached hydrogen (secondary N) is 1. The molecule has 1 N–H and O–H groups in total. The number of ether oxygens (including phenoxy) is 3. The molecule has 0 radical (unpaired) electrons. The van der Waals surface area contributed by atoms with Crippen LogP contribution in [0.4, 0.5) is 0 Å². The molecule has 1 amide bonds. The van der Waals surface area contributed by atoms with E-state index < -0.39 is 0 Å². The van der Waals surface area contributed by atoms with Gasteiger partial charge in [0.05, 0.1) is 32.0 Å². The van der Waals surface area contributed by atoms with Crippen molar-refractivity contribution in [3.8, 4) is 5.95 Å².